The first-order chi connectivity index (χ1) is 14.5. The van der Waals surface area contributed by atoms with E-state index in [1.165, 1.54) is 4.68 Å². The van der Waals surface area contributed by atoms with Crippen LogP contribution in [0.4, 0.5) is 17.5 Å². The minimum absolute atomic E-state index is 0.344. The number of nitrogens with one attached hydrogen (secondary N) is 2. The van der Waals surface area contributed by atoms with Crippen LogP contribution in [0.25, 0.3) is 11.1 Å². The molecule has 0 amide bonds. The van der Waals surface area contributed by atoms with E-state index in [2.05, 4.69) is 20.7 Å². The Morgan fingerprint density at radius 2 is 1.77 bits per heavy atom. The molecule has 9 nitrogen and oxygen atoms in total. The maximum atomic E-state index is 12.3. The molecule has 0 atom stereocenters. The van der Waals surface area contributed by atoms with Crippen molar-refractivity contribution in [1.29, 1.82) is 0 Å². The molecule has 0 saturated carbocycles. The minimum atomic E-state index is -0.531. The Morgan fingerprint density at radius 1 is 1.07 bits per heavy atom. The van der Waals surface area contributed by atoms with Gasteiger partial charge in [0.15, 0.2) is 11.4 Å². The number of aromatic nitrogens is 3. The zero-order valence-electron chi connectivity index (χ0n) is 17.0. The van der Waals surface area contributed by atoms with Gasteiger partial charge in [-0.3, -0.25) is 5.43 Å². The predicted molar refractivity (Wildman–Crippen MR) is 114 cm³/mol. The van der Waals surface area contributed by atoms with E-state index in [4.69, 9.17) is 13.9 Å². The van der Waals surface area contributed by atoms with Gasteiger partial charge in [-0.05, 0) is 26.0 Å². The van der Waals surface area contributed by atoms with E-state index in [0.717, 1.165) is 11.1 Å². The highest BCUT2D eigenvalue weighted by Crippen LogP contribution is 2.33. The van der Waals surface area contributed by atoms with Gasteiger partial charge in [0.2, 0.25) is 5.95 Å². The molecule has 0 aliphatic heterocycles. The van der Waals surface area contributed by atoms with Crippen LogP contribution in [0.2, 0.25) is 0 Å². The van der Waals surface area contributed by atoms with Crippen LogP contribution in [0.5, 0.6) is 11.5 Å². The summed E-state index contributed by atoms with van der Waals surface area (Å²) in [6.07, 6.45) is 1.66. The molecular formula is C21H21N5O4. The molecule has 154 valence electrons. The van der Waals surface area contributed by atoms with Gasteiger partial charge in [-0.2, -0.15) is 9.66 Å². The first kappa shape index (κ1) is 19.3. The number of oxazole rings is 1. The van der Waals surface area contributed by atoms with Crippen molar-refractivity contribution in [2.45, 2.75) is 13.8 Å². The summed E-state index contributed by atoms with van der Waals surface area (Å²) in [5, 5.41) is 3.15. The third kappa shape index (κ3) is 3.52. The quantitative estimate of drug-likeness (QED) is 0.499. The van der Waals surface area contributed by atoms with Crippen LogP contribution in [-0.2, 0) is 0 Å². The van der Waals surface area contributed by atoms with Gasteiger partial charge in [0.05, 0.1) is 14.2 Å². The standard InChI is InChI=1S/C21H21N5O4/c1-12-11-22-20(23-14-9-17(28-3)13(2)18(10-14)29-4)24-19(12)25-26-15-7-5-6-8-16(15)30-21(26)27/h5-11H,1-4H3,(H2,22,23,24,25). The van der Waals surface area contributed by atoms with Crippen molar-refractivity contribution in [3.05, 3.63) is 64.3 Å². The van der Waals surface area contributed by atoms with Crippen molar-refractivity contribution in [3.63, 3.8) is 0 Å². The maximum absolute atomic E-state index is 12.3. The van der Waals surface area contributed by atoms with Crippen LogP contribution < -0.4 is 26.0 Å². The predicted octanol–water partition coefficient (Wildman–Crippen LogP) is 3.64. The van der Waals surface area contributed by atoms with E-state index >= 15 is 0 Å². The van der Waals surface area contributed by atoms with Crippen molar-refractivity contribution >= 4 is 28.6 Å². The van der Waals surface area contributed by atoms with E-state index < -0.39 is 5.76 Å². The highest BCUT2D eigenvalue weighted by Gasteiger charge is 2.13. The second-order valence-electron chi connectivity index (χ2n) is 6.64. The number of methoxy groups -OCH3 is 2. The summed E-state index contributed by atoms with van der Waals surface area (Å²) in [7, 11) is 3.20. The minimum Gasteiger partial charge on any atom is -0.496 e. The van der Waals surface area contributed by atoms with E-state index in [9.17, 15) is 4.79 Å². The fraction of sp³-hybridized carbons (Fsp3) is 0.190. The van der Waals surface area contributed by atoms with E-state index in [0.29, 0.717) is 40.1 Å². The second kappa shape index (κ2) is 7.78. The van der Waals surface area contributed by atoms with Gasteiger partial charge in [0.25, 0.3) is 0 Å². The number of hydrogen-bond acceptors (Lipinski definition) is 8. The molecule has 4 aromatic rings. The Labute approximate surface area is 172 Å². The van der Waals surface area contributed by atoms with Gasteiger partial charge in [-0.15, -0.1) is 0 Å². The number of para-hydroxylation sites is 2. The summed E-state index contributed by atoms with van der Waals surface area (Å²) in [6.45, 7) is 3.76. The Balaban J connectivity index is 1.67. The molecule has 30 heavy (non-hydrogen) atoms. The van der Waals surface area contributed by atoms with E-state index in [1.807, 2.05) is 32.0 Å². The zero-order valence-corrected chi connectivity index (χ0v) is 17.0. The zero-order chi connectivity index (χ0) is 21.3. The fourth-order valence-corrected chi connectivity index (χ4v) is 3.08. The molecule has 2 N–H and O–H groups in total. The maximum Gasteiger partial charge on any atom is 0.439 e. The Bertz CT molecular complexity index is 1250. The number of ether oxygens (including phenoxy) is 2. The van der Waals surface area contributed by atoms with Gasteiger partial charge >= 0.3 is 5.76 Å². The average molecular weight is 407 g/mol. The molecule has 0 bridgehead atoms. The lowest BCUT2D eigenvalue weighted by Gasteiger charge is -2.14. The van der Waals surface area contributed by atoms with E-state index in [-0.39, 0.29) is 0 Å². The van der Waals surface area contributed by atoms with Crippen LogP contribution in [-0.4, -0.2) is 28.9 Å². The second-order valence-corrected chi connectivity index (χ2v) is 6.64. The first-order valence-corrected chi connectivity index (χ1v) is 9.21. The third-order valence-corrected chi connectivity index (χ3v) is 4.68. The smallest absolute Gasteiger partial charge is 0.439 e. The molecule has 0 unspecified atom stereocenters. The lowest BCUT2D eigenvalue weighted by molar-refractivity contribution is 0.389. The Hall–Kier alpha value is -4.01. The average Bonchev–Trinajstić information content (AvgIpc) is 3.06. The molecule has 4 rings (SSSR count). The molecule has 2 heterocycles. The van der Waals surface area contributed by atoms with Crippen LogP contribution in [0.1, 0.15) is 11.1 Å². The van der Waals surface area contributed by atoms with Crippen molar-refractivity contribution in [1.82, 2.24) is 14.6 Å². The molecule has 0 fully saturated rings. The highest BCUT2D eigenvalue weighted by atomic mass is 16.5. The number of fused-ring (bicyclic) bond motifs is 1. The molecule has 0 aliphatic carbocycles. The Morgan fingerprint density at radius 3 is 2.47 bits per heavy atom. The summed E-state index contributed by atoms with van der Waals surface area (Å²) in [5.41, 5.74) is 6.47. The van der Waals surface area contributed by atoms with Crippen molar-refractivity contribution in [2.75, 3.05) is 25.0 Å². The first-order valence-electron chi connectivity index (χ1n) is 9.21. The number of hydrogen-bond donors (Lipinski definition) is 2. The molecule has 0 saturated heterocycles. The van der Waals surface area contributed by atoms with Gasteiger partial charge in [-0.1, -0.05) is 12.1 Å². The molecular weight excluding hydrogens is 386 g/mol. The van der Waals surface area contributed by atoms with Gasteiger partial charge in [0.1, 0.15) is 17.0 Å². The van der Waals surface area contributed by atoms with Crippen molar-refractivity contribution < 1.29 is 13.9 Å². The lowest BCUT2D eigenvalue weighted by Crippen LogP contribution is -2.23. The number of anilines is 3. The normalized spacial score (nSPS) is 10.8. The van der Waals surface area contributed by atoms with E-state index in [1.54, 1.807) is 38.6 Å². The van der Waals surface area contributed by atoms with Crippen molar-refractivity contribution in [3.8, 4) is 11.5 Å². The fourth-order valence-electron chi connectivity index (χ4n) is 3.08. The number of nitrogens with zero attached hydrogens (tertiary/aromatic N) is 3. The van der Waals surface area contributed by atoms with Gasteiger partial charge in [-0.25, -0.2) is 9.78 Å². The molecule has 0 aliphatic rings. The van der Waals surface area contributed by atoms with Crippen LogP contribution in [0.15, 0.2) is 51.8 Å². The number of benzene rings is 2. The monoisotopic (exact) mass is 407 g/mol. The van der Waals surface area contributed by atoms with Crippen LogP contribution in [0, 0.1) is 13.8 Å². The molecule has 9 heteroatoms. The third-order valence-electron chi connectivity index (χ3n) is 4.68. The SMILES string of the molecule is COc1cc(Nc2ncc(C)c(Nn3c(=O)oc4ccccc43)n2)cc(OC)c1C. The summed E-state index contributed by atoms with van der Waals surface area (Å²) < 4.78 is 17.4. The Kier molecular flexibility index (Phi) is 5.01. The van der Waals surface area contributed by atoms with Gasteiger partial charge in [0, 0.05) is 35.1 Å². The van der Waals surface area contributed by atoms with Gasteiger partial charge < -0.3 is 19.2 Å². The molecule has 0 spiro atoms. The number of aryl methyl sites for hydroxylation is 1. The molecule has 0 radical (unpaired) electrons. The topological polar surface area (TPSA) is 103 Å². The number of rotatable bonds is 6. The summed E-state index contributed by atoms with van der Waals surface area (Å²) in [6, 6.07) is 10.8. The van der Waals surface area contributed by atoms with Crippen molar-refractivity contribution in [2.24, 2.45) is 0 Å². The largest absolute Gasteiger partial charge is 0.496 e. The highest BCUT2D eigenvalue weighted by molar-refractivity contribution is 5.73. The van der Waals surface area contributed by atoms with Crippen LogP contribution >= 0.6 is 0 Å². The summed E-state index contributed by atoms with van der Waals surface area (Å²) >= 11 is 0. The molecule has 2 aromatic carbocycles. The summed E-state index contributed by atoms with van der Waals surface area (Å²) in [5.74, 6) is 1.64. The summed E-state index contributed by atoms with van der Waals surface area (Å²) in [4.78, 5) is 21.1. The molecule has 2 aromatic heterocycles. The lowest BCUT2D eigenvalue weighted by atomic mass is 10.2. The van der Waals surface area contributed by atoms with Crippen LogP contribution in [0.3, 0.4) is 0 Å².